The fourth-order valence-electron chi connectivity index (χ4n) is 2.48. The maximum Gasteiger partial charge on any atom is 0.500 e. The molecule has 0 heterocycles. The average molecular weight is 325 g/mol. The van der Waals surface area contributed by atoms with Crippen LogP contribution < -0.4 is 5.73 Å². The Labute approximate surface area is 134 Å². The van der Waals surface area contributed by atoms with Crippen LogP contribution in [0.1, 0.15) is 43.1 Å². The predicted molar refractivity (Wildman–Crippen MR) is 88.7 cm³/mol. The van der Waals surface area contributed by atoms with E-state index < -0.39 is 14.7 Å². The highest BCUT2D eigenvalue weighted by Gasteiger charge is 2.39. The van der Waals surface area contributed by atoms with Crippen LogP contribution in [-0.2, 0) is 19.7 Å². The molecule has 0 spiro atoms. The second kappa shape index (κ2) is 9.73. The molecule has 1 aromatic carbocycles. The standard InChI is InChI=1S/C16H27NO4Si/c1-4-19-22(20-5-2,21-6-3)13-9-11-14-10-7-8-12-15(14)16(17)18/h7-8,10,12H,4-6,9,11,13H2,1-3H3,(H2,17,18). The van der Waals surface area contributed by atoms with E-state index in [1.807, 2.05) is 39.0 Å². The van der Waals surface area contributed by atoms with Crippen molar-refractivity contribution in [3.8, 4) is 0 Å². The lowest BCUT2D eigenvalue weighted by atomic mass is 10.0. The Kier molecular flexibility index (Phi) is 8.33. The summed E-state index contributed by atoms with van der Waals surface area (Å²) in [5.74, 6) is -0.390. The molecule has 0 aliphatic carbocycles. The Morgan fingerprint density at radius 2 is 1.59 bits per heavy atom. The quantitative estimate of drug-likeness (QED) is 0.635. The average Bonchev–Trinajstić information content (AvgIpc) is 2.48. The van der Waals surface area contributed by atoms with Gasteiger partial charge >= 0.3 is 8.80 Å². The highest BCUT2D eigenvalue weighted by Crippen LogP contribution is 2.21. The van der Waals surface area contributed by atoms with Crippen molar-refractivity contribution in [2.24, 2.45) is 5.73 Å². The third kappa shape index (κ3) is 5.53. The molecule has 0 saturated heterocycles. The third-order valence-corrected chi connectivity index (χ3v) is 6.46. The number of carbonyl (C=O) groups is 1. The van der Waals surface area contributed by atoms with Gasteiger partial charge in [-0.2, -0.15) is 0 Å². The minimum absolute atomic E-state index is 0.390. The summed E-state index contributed by atoms with van der Waals surface area (Å²) in [7, 11) is -2.61. The van der Waals surface area contributed by atoms with Gasteiger partial charge in [0.25, 0.3) is 0 Å². The number of hydrogen-bond acceptors (Lipinski definition) is 4. The molecule has 2 N–H and O–H groups in total. The number of primary amides is 1. The number of hydrogen-bond donors (Lipinski definition) is 1. The minimum atomic E-state index is -2.61. The van der Waals surface area contributed by atoms with Crippen molar-refractivity contribution in [2.45, 2.75) is 39.7 Å². The molecule has 0 aliphatic rings. The molecule has 1 rings (SSSR count). The molecule has 0 saturated carbocycles. The first-order valence-corrected chi connectivity index (χ1v) is 9.81. The topological polar surface area (TPSA) is 70.8 Å². The van der Waals surface area contributed by atoms with Crippen LogP contribution in [0.3, 0.4) is 0 Å². The van der Waals surface area contributed by atoms with Crippen LogP contribution in [0.4, 0.5) is 0 Å². The van der Waals surface area contributed by atoms with E-state index in [1.54, 1.807) is 6.07 Å². The Morgan fingerprint density at radius 1 is 1.05 bits per heavy atom. The second-order valence-corrected chi connectivity index (χ2v) is 7.59. The first-order valence-electron chi connectivity index (χ1n) is 7.88. The lowest BCUT2D eigenvalue weighted by Crippen LogP contribution is -2.46. The Bertz CT molecular complexity index is 450. The van der Waals surface area contributed by atoms with Crippen LogP contribution in [0.2, 0.25) is 6.04 Å². The van der Waals surface area contributed by atoms with Gasteiger partial charge in [-0.15, -0.1) is 0 Å². The molecule has 1 aromatic rings. The first kappa shape index (κ1) is 18.8. The van der Waals surface area contributed by atoms with Gasteiger partial charge in [0, 0.05) is 31.4 Å². The van der Waals surface area contributed by atoms with E-state index in [0.717, 1.165) is 24.4 Å². The van der Waals surface area contributed by atoms with Gasteiger partial charge in [0.15, 0.2) is 0 Å². The molecule has 0 aliphatic heterocycles. The number of amides is 1. The normalized spacial score (nSPS) is 11.6. The van der Waals surface area contributed by atoms with E-state index in [9.17, 15) is 4.79 Å². The van der Waals surface area contributed by atoms with E-state index in [4.69, 9.17) is 19.0 Å². The number of carbonyl (C=O) groups excluding carboxylic acids is 1. The second-order valence-electron chi connectivity index (χ2n) is 4.86. The predicted octanol–water partition coefficient (Wildman–Crippen LogP) is 2.77. The van der Waals surface area contributed by atoms with Crippen LogP contribution in [0.15, 0.2) is 24.3 Å². The van der Waals surface area contributed by atoms with Crippen LogP contribution in [0.25, 0.3) is 0 Å². The monoisotopic (exact) mass is 325 g/mol. The molecular weight excluding hydrogens is 298 g/mol. The summed E-state index contributed by atoms with van der Waals surface area (Å²) < 4.78 is 17.5. The highest BCUT2D eigenvalue weighted by molar-refractivity contribution is 6.60. The molecule has 0 atom stereocenters. The minimum Gasteiger partial charge on any atom is -0.374 e. The van der Waals surface area contributed by atoms with Crippen LogP contribution in [-0.4, -0.2) is 34.5 Å². The summed E-state index contributed by atoms with van der Waals surface area (Å²) in [5, 5.41) is 0. The zero-order chi connectivity index (χ0) is 16.4. The van der Waals surface area contributed by atoms with Crippen molar-refractivity contribution >= 4 is 14.7 Å². The summed E-state index contributed by atoms with van der Waals surface area (Å²) in [5.41, 5.74) is 6.95. The molecule has 124 valence electrons. The van der Waals surface area contributed by atoms with Gasteiger partial charge in [0.1, 0.15) is 0 Å². The van der Waals surface area contributed by atoms with Crippen molar-refractivity contribution in [1.29, 1.82) is 0 Å². The van der Waals surface area contributed by atoms with Gasteiger partial charge in [-0.05, 0) is 45.2 Å². The van der Waals surface area contributed by atoms with Gasteiger partial charge in [-0.1, -0.05) is 18.2 Å². The van der Waals surface area contributed by atoms with Crippen molar-refractivity contribution in [2.75, 3.05) is 19.8 Å². The van der Waals surface area contributed by atoms with Gasteiger partial charge in [0.2, 0.25) is 5.91 Å². The Hall–Kier alpha value is -1.21. The molecule has 0 radical (unpaired) electrons. The van der Waals surface area contributed by atoms with E-state index in [0.29, 0.717) is 25.4 Å². The van der Waals surface area contributed by atoms with Crippen molar-refractivity contribution in [3.05, 3.63) is 35.4 Å². The molecule has 0 unspecified atom stereocenters. The molecular formula is C16H27NO4Si. The molecule has 1 amide bonds. The van der Waals surface area contributed by atoms with Gasteiger partial charge in [-0.25, -0.2) is 0 Å². The first-order chi connectivity index (χ1) is 10.6. The number of aryl methyl sites for hydroxylation is 1. The molecule has 22 heavy (non-hydrogen) atoms. The number of nitrogens with two attached hydrogens (primary N) is 1. The highest BCUT2D eigenvalue weighted by atomic mass is 28.4. The maximum atomic E-state index is 11.4. The summed E-state index contributed by atoms with van der Waals surface area (Å²) in [6.07, 6.45) is 1.58. The summed E-state index contributed by atoms with van der Waals surface area (Å²) >= 11 is 0. The van der Waals surface area contributed by atoms with Gasteiger partial charge < -0.3 is 19.0 Å². The number of benzene rings is 1. The maximum absolute atomic E-state index is 11.4. The van der Waals surface area contributed by atoms with Crippen molar-refractivity contribution in [3.63, 3.8) is 0 Å². The molecule has 0 aromatic heterocycles. The zero-order valence-corrected chi connectivity index (χ0v) is 14.8. The van der Waals surface area contributed by atoms with E-state index in [2.05, 4.69) is 0 Å². The van der Waals surface area contributed by atoms with Crippen LogP contribution in [0, 0.1) is 0 Å². The SMILES string of the molecule is CCO[Si](CCCc1ccccc1C(N)=O)(OCC)OCC. The van der Waals surface area contributed by atoms with E-state index in [1.165, 1.54) is 0 Å². The van der Waals surface area contributed by atoms with E-state index >= 15 is 0 Å². The Balaban J connectivity index is 2.71. The molecule has 0 fully saturated rings. The smallest absolute Gasteiger partial charge is 0.374 e. The lowest BCUT2D eigenvalue weighted by Gasteiger charge is -2.28. The molecule has 5 nitrogen and oxygen atoms in total. The van der Waals surface area contributed by atoms with Gasteiger partial charge in [0.05, 0.1) is 0 Å². The van der Waals surface area contributed by atoms with Gasteiger partial charge in [-0.3, -0.25) is 4.79 Å². The molecule has 0 bridgehead atoms. The van der Waals surface area contributed by atoms with Crippen molar-refractivity contribution < 1.29 is 18.1 Å². The largest absolute Gasteiger partial charge is 0.500 e. The summed E-state index contributed by atoms with van der Waals surface area (Å²) in [4.78, 5) is 11.4. The summed E-state index contributed by atoms with van der Waals surface area (Å²) in [6, 6.07) is 8.17. The number of rotatable bonds is 11. The lowest BCUT2D eigenvalue weighted by molar-refractivity contribution is 0.0708. The Morgan fingerprint density at radius 3 is 2.09 bits per heavy atom. The fraction of sp³-hybridized carbons (Fsp3) is 0.562. The summed E-state index contributed by atoms with van der Waals surface area (Å²) in [6.45, 7) is 7.56. The third-order valence-electron chi connectivity index (χ3n) is 3.30. The van der Waals surface area contributed by atoms with Crippen LogP contribution >= 0.6 is 0 Å². The van der Waals surface area contributed by atoms with Crippen molar-refractivity contribution in [1.82, 2.24) is 0 Å². The fourth-order valence-corrected chi connectivity index (χ4v) is 5.09. The molecule has 6 heteroatoms. The zero-order valence-electron chi connectivity index (χ0n) is 13.8. The van der Waals surface area contributed by atoms with Crippen LogP contribution in [0.5, 0.6) is 0 Å². The van der Waals surface area contributed by atoms with E-state index in [-0.39, 0.29) is 0 Å².